The first-order chi connectivity index (χ1) is 9.17. The zero-order valence-corrected chi connectivity index (χ0v) is 13.8. The van der Waals surface area contributed by atoms with Crippen molar-refractivity contribution in [3.8, 4) is 0 Å². The van der Waals surface area contributed by atoms with Crippen molar-refractivity contribution >= 4 is 31.9 Å². The molecule has 0 radical (unpaired) electrons. The van der Waals surface area contributed by atoms with E-state index in [2.05, 4.69) is 55.4 Å². The molecule has 1 aromatic heterocycles. The van der Waals surface area contributed by atoms with Crippen molar-refractivity contribution in [1.82, 2.24) is 15.2 Å². The maximum atomic E-state index is 5.73. The van der Waals surface area contributed by atoms with Crippen molar-refractivity contribution in [3.05, 3.63) is 50.7 Å². The largest absolute Gasteiger partial charge is 0.271 e. The number of benzene rings is 1. The predicted octanol–water partition coefficient (Wildman–Crippen LogP) is 3.18. The lowest BCUT2D eigenvalue weighted by atomic mass is 10.0. The van der Waals surface area contributed by atoms with Crippen LogP contribution in [0, 0.1) is 0 Å². The van der Waals surface area contributed by atoms with Crippen LogP contribution in [0.2, 0.25) is 0 Å². The average molecular weight is 388 g/mol. The molecule has 0 amide bonds. The van der Waals surface area contributed by atoms with Gasteiger partial charge in [0.2, 0.25) is 0 Å². The average Bonchev–Trinajstić information content (AvgIpc) is 2.79. The molecule has 0 aliphatic rings. The van der Waals surface area contributed by atoms with Crippen LogP contribution >= 0.6 is 31.9 Å². The van der Waals surface area contributed by atoms with Crippen LogP contribution in [-0.4, -0.2) is 9.78 Å². The zero-order valence-electron chi connectivity index (χ0n) is 10.6. The Morgan fingerprint density at radius 1 is 1.32 bits per heavy atom. The van der Waals surface area contributed by atoms with Gasteiger partial charge in [-0.25, -0.2) is 0 Å². The molecule has 19 heavy (non-hydrogen) atoms. The minimum absolute atomic E-state index is 0.00975. The van der Waals surface area contributed by atoms with Gasteiger partial charge in [-0.3, -0.25) is 16.0 Å². The van der Waals surface area contributed by atoms with E-state index in [-0.39, 0.29) is 6.04 Å². The Morgan fingerprint density at radius 2 is 2.05 bits per heavy atom. The molecule has 102 valence electrons. The lowest BCUT2D eigenvalue weighted by molar-refractivity contribution is 0.488. The quantitative estimate of drug-likeness (QED) is 0.611. The van der Waals surface area contributed by atoms with Crippen molar-refractivity contribution < 1.29 is 0 Å². The summed E-state index contributed by atoms with van der Waals surface area (Å²) in [7, 11) is 0. The van der Waals surface area contributed by atoms with Gasteiger partial charge in [-0.2, -0.15) is 5.10 Å². The van der Waals surface area contributed by atoms with Crippen LogP contribution in [0.1, 0.15) is 24.2 Å². The van der Waals surface area contributed by atoms with Gasteiger partial charge in [0.15, 0.2) is 0 Å². The van der Waals surface area contributed by atoms with Crippen LogP contribution in [0.4, 0.5) is 0 Å². The molecule has 2 aromatic rings. The fourth-order valence-electron chi connectivity index (χ4n) is 2.09. The summed E-state index contributed by atoms with van der Waals surface area (Å²) in [5.74, 6) is 5.73. The number of aryl methyl sites for hydroxylation is 1. The van der Waals surface area contributed by atoms with Gasteiger partial charge in [0.25, 0.3) is 0 Å². The number of hydrazine groups is 1. The molecule has 2 rings (SSSR count). The standard InChI is InChI=1S/C13H16Br2N4/c1-2-19-13(11(15)8-17-19)12(18-16)7-9-5-3-4-6-10(9)14/h3-6,8,12,18H,2,7,16H2,1H3. The Morgan fingerprint density at radius 3 is 2.68 bits per heavy atom. The molecule has 1 unspecified atom stereocenters. The first-order valence-corrected chi connectivity index (χ1v) is 7.66. The van der Waals surface area contributed by atoms with E-state index in [1.54, 1.807) is 0 Å². The third-order valence-corrected chi connectivity index (χ3v) is 4.43. The van der Waals surface area contributed by atoms with Crippen molar-refractivity contribution in [3.63, 3.8) is 0 Å². The Kier molecular flexibility index (Phi) is 5.15. The number of halogens is 2. The van der Waals surface area contributed by atoms with Crippen LogP contribution in [0.3, 0.4) is 0 Å². The van der Waals surface area contributed by atoms with E-state index < -0.39 is 0 Å². The molecule has 4 nitrogen and oxygen atoms in total. The van der Waals surface area contributed by atoms with Crippen molar-refractivity contribution in [2.75, 3.05) is 0 Å². The van der Waals surface area contributed by atoms with E-state index >= 15 is 0 Å². The summed E-state index contributed by atoms with van der Waals surface area (Å²) in [5.41, 5.74) is 5.16. The van der Waals surface area contributed by atoms with Crippen LogP contribution in [0.5, 0.6) is 0 Å². The highest BCUT2D eigenvalue weighted by atomic mass is 79.9. The first kappa shape index (κ1) is 14.7. The van der Waals surface area contributed by atoms with Gasteiger partial charge in [-0.1, -0.05) is 34.1 Å². The summed E-state index contributed by atoms with van der Waals surface area (Å²) in [6.07, 6.45) is 2.60. The van der Waals surface area contributed by atoms with E-state index in [0.29, 0.717) is 0 Å². The summed E-state index contributed by atoms with van der Waals surface area (Å²) in [4.78, 5) is 0. The Hall–Kier alpha value is -0.690. The molecule has 0 spiro atoms. The Balaban J connectivity index is 2.30. The highest BCUT2D eigenvalue weighted by Gasteiger charge is 2.19. The third-order valence-electron chi connectivity index (χ3n) is 3.05. The molecule has 0 bridgehead atoms. The van der Waals surface area contributed by atoms with Crippen LogP contribution in [-0.2, 0) is 13.0 Å². The van der Waals surface area contributed by atoms with Gasteiger partial charge in [-0.15, -0.1) is 0 Å². The predicted molar refractivity (Wildman–Crippen MR) is 83.5 cm³/mol. The van der Waals surface area contributed by atoms with Crippen molar-refractivity contribution in [2.24, 2.45) is 5.84 Å². The minimum atomic E-state index is 0.00975. The monoisotopic (exact) mass is 386 g/mol. The number of hydrogen-bond acceptors (Lipinski definition) is 3. The highest BCUT2D eigenvalue weighted by Crippen LogP contribution is 2.28. The molecule has 1 heterocycles. The fourth-order valence-corrected chi connectivity index (χ4v) is 3.11. The molecule has 3 N–H and O–H groups in total. The molecule has 1 atom stereocenters. The maximum Gasteiger partial charge on any atom is 0.0712 e. The zero-order chi connectivity index (χ0) is 13.8. The molecule has 0 aliphatic heterocycles. The molecule has 0 saturated heterocycles. The molecule has 0 fully saturated rings. The summed E-state index contributed by atoms with van der Waals surface area (Å²) < 4.78 is 4.02. The molecular weight excluding hydrogens is 372 g/mol. The molecule has 6 heteroatoms. The van der Waals surface area contributed by atoms with E-state index in [4.69, 9.17) is 5.84 Å². The summed E-state index contributed by atoms with van der Waals surface area (Å²) in [6, 6.07) is 8.17. The third kappa shape index (κ3) is 3.25. The fraction of sp³-hybridized carbons (Fsp3) is 0.308. The summed E-state index contributed by atoms with van der Waals surface area (Å²) in [5, 5.41) is 4.33. The van der Waals surface area contributed by atoms with Gasteiger partial charge < -0.3 is 0 Å². The van der Waals surface area contributed by atoms with E-state index in [1.165, 1.54) is 5.56 Å². The number of rotatable bonds is 5. The first-order valence-electron chi connectivity index (χ1n) is 6.08. The van der Waals surface area contributed by atoms with Gasteiger partial charge in [0.05, 0.1) is 22.4 Å². The van der Waals surface area contributed by atoms with Crippen LogP contribution in [0.25, 0.3) is 0 Å². The summed E-state index contributed by atoms with van der Waals surface area (Å²) >= 11 is 7.11. The maximum absolute atomic E-state index is 5.73. The number of aromatic nitrogens is 2. The Labute approximate surface area is 129 Å². The molecular formula is C13H16Br2N4. The lowest BCUT2D eigenvalue weighted by Crippen LogP contribution is -2.31. The smallest absolute Gasteiger partial charge is 0.0712 e. The normalized spacial score (nSPS) is 12.6. The minimum Gasteiger partial charge on any atom is -0.271 e. The molecule has 1 aromatic carbocycles. The number of nitrogens with zero attached hydrogens (tertiary/aromatic N) is 2. The molecule has 0 saturated carbocycles. The van der Waals surface area contributed by atoms with E-state index in [9.17, 15) is 0 Å². The van der Waals surface area contributed by atoms with Gasteiger partial charge in [0.1, 0.15) is 0 Å². The SMILES string of the molecule is CCn1ncc(Br)c1C(Cc1ccccc1Br)NN. The second-order valence-corrected chi connectivity index (χ2v) is 5.92. The second kappa shape index (κ2) is 6.65. The number of nitrogens with two attached hydrogens (primary N) is 1. The van der Waals surface area contributed by atoms with Crippen LogP contribution in [0.15, 0.2) is 39.4 Å². The summed E-state index contributed by atoms with van der Waals surface area (Å²) in [6.45, 7) is 2.88. The number of hydrogen-bond donors (Lipinski definition) is 2. The topological polar surface area (TPSA) is 55.9 Å². The van der Waals surface area contributed by atoms with E-state index in [0.717, 1.165) is 27.6 Å². The van der Waals surface area contributed by atoms with Crippen molar-refractivity contribution in [2.45, 2.75) is 25.9 Å². The van der Waals surface area contributed by atoms with Gasteiger partial charge in [0, 0.05) is 11.0 Å². The van der Waals surface area contributed by atoms with E-state index in [1.807, 2.05) is 29.1 Å². The van der Waals surface area contributed by atoms with Crippen LogP contribution < -0.4 is 11.3 Å². The second-order valence-electron chi connectivity index (χ2n) is 4.21. The lowest BCUT2D eigenvalue weighted by Gasteiger charge is -2.18. The van der Waals surface area contributed by atoms with Gasteiger partial charge >= 0.3 is 0 Å². The van der Waals surface area contributed by atoms with Crippen molar-refractivity contribution in [1.29, 1.82) is 0 Å². The van der Waals surface area contributed by atoms with Gasteiger partial charge in [-0.05, 0) is 40.9 Å². The Bertz CT molecular complexity index is 553. The highest BCUT2D eigenvalue weighted by molar-refractivity contribution is 9.10. The number of nitrogens with one attached hydrogen (secondary N) is 1. The molecule has 0 aliphatic carbocycles.